The lowest BCUT2D eigenvalue weighted by Crippen LogP contribution is -2.51. The number of amides is 1. The van der Waals surface area contributed by atoms with Gasteiger partial charge in [-0.3, -0.25) is 4.79 Å². The molecule has 0 radical (unpaired) electrons. The quantitative estimate of drug-likeness (QED) is 0.712. The Morgan fingerprint density at radius 2 is 2.11 bits per heavy atom. The molecule has 150 valence electrons. The summed E-state index contributed by atoms with van der Waals surface area (Å²) in [7, 11) is 1.61. The molecule has 2 aliphatic rings. The number of carbonyl (C=O) groups excluding carboxylic acids is 1. The van der Waals surface area contributed by atoms with E-state index in [1.54, 1.807) is 7.11 Å². The fraction of sp³-hybridized carbons (Fsp3) is 0.556. The van der Waals surface area contributed by atoms with Crippen molar-refractivity contribution in [3.8, 4) is 0 Å². The van der Waals surface area contributed by atoms with E-state index in [0.29, 0.717) is 12.8 Å². The van der Waals surface area contributed by atoms with Gasteiger partial charge in [0.2, 0.25) is 0 Å². The van der Waals surface area contributed by atoms with Crippen LogP contribution in [-0.4, -0.2) is 48.3 Å². The molecule has 1 aromatic heterocycles. The Labute approximate surface area is 170 Å². The lowest BCUT2D eigenvalue weighted by Gasteiger charge is -2.34. The van der Waals surface area contributed by atoms with E-state index in [1.165, 1.54) is 0 Å². The predicted octanol–water partition coefficient (Wildman–Crippen LogP) is 2.97. The number of anilines is 1. The zero-order valence-electron chi connectivity index (χ0n) is 15.2. The van der Waals surface area contributed by atoms with Gasteiger partial charge in [0.25, 0.3) is 5.91 Å². The van der Waals surface area contributed by atoms with Crippen LogP contribution in [-0.2, 0) is 14.3 Å². The van der Waals surface area contributed by atoms with Gasteiger partial charge >= 0.3 is 0 Å². The summed E-state index contributed by atoms with van der Waals surface area (Å²) in [6.45, 7) is 2.36. The number of nitrogens with one attached hydrogen (secondary N) is 3. The predicted molar refractivity (Wildman–Crippen MR) is 109 cm³/mol. The molecule has 27 heavy (non-hydrogen) atoms. The summed E-state index contributed by atoms with van der Waals surface area (Å²) in [5, 5.41) is 6.26. The number of methoxy groups -OCH3 is 1. The molecule has 7 nitrogen and oxygen atoms in total. The number of ether oxygens (including phenoxy) is 2. The molecular weight excluding hydrogens is 391 g/mol. The second kappa shape index (κ2) is 9.21. The number of nitrogens with zero attached hydrogens (tertiary/aromatic N) is 1. The van der Waals surface area contributed by atoms with Crippen molar-refractivity contribution in [2.24, 2.45) is 0 Å². The first-order valence-electron chi connectivity index (χ1n) is 8.89. The Morgan fingerprint density at radius 3 is 2.78 bits per heavy atom. The maximum atomic E-state index is 12.8. The van der Waals surface area contributed by atoms with Crippen molar-refractivity contribution in [3.05, 3.63) is 24.0 Å². The van der Waals surface area contributed by atoms with Crippen LogP contribution in [0.5, 0.6) is 0 Å². The molecule has 3 heterocycles. The number of hydrogen-bond acceptors (Lipinski definition) is 5. The molecule has 0 bridgehead atoms. The van der Waals surface area contributed by atoms with Gasteiger partial charge in [0, 0.05) is 19.4 Å². The number of imidazole rings is 1. The number of benzene rings is 1. The highest BCUT2D eigenvalue weighted by molar-refractivity contribution is 5.98. The fourth-order valence-electron chi connectivity index (χ4n) is 3.65. The highest BCUT2D eigenvalue weighted by Crippen LogP contribution is 2.29. The molecule has 1 unspecified atom stereocenters. The highest BCUT2D eigenvalue weighted by atomic mass is 35.5. The van der Waals surface area contributed by atoms with E-state index in [1.807, 2.05) is 18.2 Å². The van der Waals surface area contributed by atoms with Gasteiger partial charge in [0.15, 0.2) is 0 Å². The Bertz CT molecular complexity index is 771. The highest BCUT2D eigenvalue weighted by Gasteiger charge is 2.39. The number of rotatable bonds is 4. The van der Waals surface area contributed by atoms with Crippen molar-refractivity contribution in [1.29, 1.82) is 0 Å². The van der Waals surface area contributed by atoms with Crippen molar-refractivity contribution in [3.63, 3.8) is 0 Å². The van der Waals surface area contributed by atoms with Crippen molar-refractivity contribution in [2.45, 2.75) is 37.4 Å². The van der Waals surface area contributed by atoms with E-state index in [2.05, 4.69) is 20.6 Å². The first-order valence-corrected chi connectivity index (χ1v) is 8.89. The van der Waals surface area contributed by atoms with Crippen LogP contribution in [0.15, 0.2) is 18.2 Å². The van der Waals surface area contributed by atoms with E-state index in [4.69, 9.17) is 9.47 Å². The molecule has 2 fully saturated rings. The molecular formula is C18H26Cl2N4O3. The van der Waals surface area contributed by atoms with Crippen molar-refractivity contribution in [1.82, 2.24) is 15.3 Å². The topological polar surface area (TPSA) is 88.3 Å². The smallest absolute Gasteiger partial charge is 0.256 e. The molecule has 4 rings (SSSR count). The molecule has 2 saturated heterocycles. The summed E-state index contributed by atoms with van der Waals surface area (Å²) in [5.41, 5.74) is 1.78. The number of aromatic amines is 1. The lowest BCUT2D eigenvalue weighted by atomic mass is 9.91. The number of H-pyrrole nitrogens is 1. The Balaban J connectivity index is 0.00000131. The Morgan fingerprint density at radius 1 is 1.33 bits per heavy atom. The molecule has 1 aromatic carbocycles. The van der Waals surface area contributed by atoms with Gasteiger partial charge in [0.05, 0.1) is 11.0 Å². The number of piperidine rings is 1. The van der Waals surface area contributed by atoms with E-state index < -0.39 is 5.60 Å². The average molecular weight is 417 g/mol. The van der Waals surface area contributed by atoms with E-state index >= 15 is 0 Å². The van der Waals surface area contributed by atoms with Crippen molar-refractivity contribution < 1.29 is 14.3 Å². The summed E-state index contributed by atoms with van der Waals surface area (Å²) in [6.07, 6.45) is 3.46. The van der Waals surface area contributed by atoms with Gasteiger partial charge in [-0.05, 0) is 57.0 Å². The monoisotopic (exact) mass is 416 g/mol. The minimum atomic E-state index is -0.753. The fourth-order valence-corrected chi connectivity index (χ4v) is 3.65. The average Bonchev–Trinajstić information content (AvgIpc) is 3.31. The molecule has 1 atom stereocenters. The molecule has 9 heteroatoms. The van der Waals surface area contributed by atoms with E-state index in [-0.39, 0.29) is 36.8 Å². The maximum absolute atomic E-state index is 12.8. The van der Waals surface area contributed by atoms with Crippen LogP contribution in [0.2, 0.25) is 0 Å². The molecule has 3 N–H and O–H groups in total. The first kappa shape index (κ1) is 21.9. The standard InChI is InChI=1S/C18H24N4O3.2ClH/c1-24-18(6-8-19-9-7-18)17(23)20-12-4-5-13-14(11-12)22-16(21-13)15-3-2-10-25-15;;/h4-5,11,15,19H,2-3,6-10H2,1H3,(H,20,23)(H,21,22);2*1H. The number of halogens is 2. The summed E-state index contributed by atoms with van der Waals surface area (Å²) < 4.78 is 11.3. The van der Waals surface area contributed by atoms with Crippen LogP contribution in [0.3, 0.4) is 0 Å². The Kier molecular flexibility index (Phi) is 7.47. The third kappa shape index (κ3) is 4.38. The molecule has 2 aromatic rings. The van der Waals surface area contributed by atoms with Crippen LogP contribution >= 0.6 is 24.8 Å². The summed E-state index contributed by atoms with van der Waals surface area (Å²) in [5.74, 6) is 0.775. The molecule has 0 aliphatic carbocycles. The van der Waals surface area contributed by atoms with Crippen LogP contribution in [0, 0.1) is 0 Å². The summed E-state index contributed by atoms with van der Waals surface area (Å²) in [6, 6.07) is 5.72. The number of hydrogen-bond donors (Lipinski definition) is 3. The van der Waals surface area contributed by atoms with Crippen LogP contribution in [0.4, 0.5) is 5.69 Å². The van der Waals surface area contributed by atoms with Crippen LogP contribution in [0.1, 0.15) is 37.6 Å². The van der Waals surface area contributed by atoms with Gasteiger partial charge in [-0.25, -0.2) is 4.98 Å². The summed E-state index contributed by atoms with van der Waals surface area (Å²) >= 11 is 0. The van der Waals surface area contributed by atoms with Gasteiger partial charge in [-0.15, -0.1) is 24.8 Å². The lowest BCUT2D eigenvalue weighted by molar-refractivity contribution is -0.140. The minimum Gasteiger partial charge on any atom is -0.370 e. The molecule has 0 saturated carbocycles. The number of aromatic nitrogens is 2. The number of fused-ring (bicyclic) bond motifs is 1. The normalized spacial score (nSPS) is 21.3. The molecule has 0 spiro atoms. The minimum absolute atomic E-state index is 0. The van der Waals surface area contributed by atoms with Gasteiger partial charge in [-0.1, -0.05) is 0 Å². The van der Waals surface area contributed by atoms with E-state index in [9.17, 15) is 4.79 Å². The largest absolute Gasteiger partial charge is 0.370 e. The first-order chi connectivity index (χ1) is 12.2. The van der Waals surface area contributed by atoms with Crippen LogP contribution in [0.25, 0.3) is 11.0 Å². The second-order valence-electron chi connectivity index (χ2n) is 6.76. The third-order valence-electron chi connectivity index (χ3n) is 5.21. The summed E-state index contributed by atoms with van der Waals surface area (Å²) in [4.78, 5) is 20.7. The van der Waals surface area contributed by atoms with Gasteiger partial charge in [0.1, 0.15) is 17.5 Å². The van der Waals surface area contributed by atoms with Gasteiger partial charge in [-0.2, -0.15) is 0 Å². The van der Waals surface area contributed by atoms with Crippen LogP contribution < -0.4 is 10.6 Å². The van der Waals surface area contributed by atoms with Crippen molar-refractivity contribution >= 4 is 47.4 Å². The second-order valence-corrected chi connectivity index (χ2v) is 6.76. The zero-order chi connectivity index (χ0) is 17.3. The third-order valence-corrected chi connectivity index (χ3v) is 5.21. The Hall–Kier alpha value is -1.38. The zero-order valence-corrected chi connectivity index (χ0v) is 16.9. The number of carbonyl (C=O) groups is 1. The maximum Gasteiger partial charge on any atom is 0.256 e. The SMILES string of the molecule is COC1(C(=O)Nc2ccc3nc(C4CCCO4)[nH]c3c2)CCNCC1.Cl.Cl. The van der Waals surface area contributed by atoms with E-state index in [0.717, 1.165) is 55.1 Å². The van der Waals surface area contributed by atoms with Crippen molar-refractivity contribution in [2.75, 3.05) is 32.1 Å². The molecule has 1 amide bonds. The molecule has 2 aliphatic heterocycles. The van der Waals surface area contributed by atoms with Gasteiger partial charge < -0.3 is 25.1 Å².